The maximum absolute atomic E-state index is 12.3. The van der Waals surface area contributed by atoms with Gasteiger partial charge in [0.05, 0.1) is 13.1 Å². The van der Waals surface area contributed by atoms with Crippen LogP contribution in [0.15, 0.2) is 18.2 Å². The Morgan fingerprint density at radius 2 is 1.88 bits per heavy atom. The highest BCUT2D eigenvalue weighted by Gasteiger charge is 2.35. The van der Waals surface area contributed by atoms with Gasteiger partial charge in [-0.05, 0) is 31.5 Å². The summed E-state index contributed by atoms with van der Waals surface area (Å²) >= 11 is 12.3. The number of hydrogen-bond acceptors (Lipinski definition) is 3. The summed E-state index contributed by atoms with van der Waals surface area (Å²) in [4.78, 5) is 26.6. The van der Waals surface area contributed by atoms with Gasteiger partial charge in [0.25, 0.3) is 0 Å². The lowest BCUT2D eigenvalue weighted by Gasteiger charge is -2.42. The molecular formula is C17H23Cl2N3O3. The number of halogens is 2. The number of nitrogens with zero attached hydrogens (tertiary/aromatic N) is 2. The number of urea groups is 1. The molecule has 1 aliphatic rings. The van der Waals surface area contributed by atoms with E-state index in [0.29, 0.717) is 28.7 Å². The summed E-state index contributed by atoms with van der Waals surface area (Å²) in [5, 5.41) is 12.9. The fourth-order valence-electron chi connectivity index (χ4n) is 2.95. The van der Waals surface area contributed by atoms with Crippen molar-refractivity contribution in [2.24, 2.45) is 0 Å². The molecule has 2 amide bonds. The number of carboxylic acids is 1. The third-order valence-corrected chi connectivity index (χ3v) is 5.21. The van der Waals surface area contributed by atoms with Gasteiger partial charge in [-0.1, -0.05) is 36.2 Å². The van der Waals surface area contributed by atoms with Gasteiger partial charge in [0.1, 0.15) is 0 Å². The molecule has 1 fully saturated rings. The Hall–Kier alpha value is -1.50. The number of carbonyl (C=O) groups is 2. The normalized spacial score (nSPS) is 19.4. The summed E-state index contributed by atoms with van der Waals surface area (Å²) in [5.41, 5.74) is 0.716. The summed E-state index contributed by atoms with van der Waals surface area (Å²) < 4.78 is 0. The van der Waals surface area contributed by atoms with Gasteiger partial charge in [-0.2, -0.15) is 0 Å². The molecule has 8 heteroatoms. The number of aliphatic carboxylic acids is 1. The lowest BCUT2D eigenvalue weighted by molar-refractivity contribution is -0.139. The first-order valence-electron chi connectivity index (χ1n) is 8.22. The van der Waals surface area contributed by atoms with Crippen LogP contribution < -0.4 is 5.32 Å². The van der Waals surface area contributed by atoms with Crippen LogP contribution in [0.4, 0.5) is 4.79 Å². The molecular weight excluding hydrogens is 365 g/mol. The van der Waals surface area contributed by atoms with Gasteiger partial charge in [-0.3, -0.25) is 9.69 Å². The second kappa shape index (κ2) is 8.74. The zero-order valence-corrected chi connectivity index (χ0v) is 15.8. The molecule has 0 saturated heterocycles. The van der Waals surface area contributed by atoms with Crippen molar-refractivity contribution in [2.45, 2.75) is 38.4 Å². The highest BCUT2D eigenvalue weighted by molar-refractivity contribution is 6.36. The third kappa shape index (κ3) is 5.23. The Morgan fingerprint density at radius 1 is 1.28 bits per heavy atom. The van der Waals surface area contributed by atoms with Crippen LogP contribution in [0.3, 0.4) is 0 Å². The quantitative estimate of drug-likeness (QED) is 0.753. The standard InChI is InChI=1S/C17H23Cl2N3O3/c1-3-22(10-16(23)24)12-7-11(8-12)20-17(25)21(2)9-13-14(18)5-4-6-15(13)19/h4-6,11-12H,3,7-10H2,1-2H3,(H,20,25)(H,23,24). The molecule has 0 aromatic heterocycles. The van der Waals surface area contributed by atoms with Gasteiger partial charge >= 0.3 is 12.0 Å². The van der Waals surface area contributed by atoms with Crippen molar-refractivity contribution in [3.63, 3.8) is 0 Å². The highest BCUT2D eigenvalue weighted by Crippen LogP contribution is 2.27. The summed E-state index contributed by atoms with van der Waals surface area (Å²) in [6, 6.07) is 5.32. The lowest BCUT2D eigenvalue weighted by Crippen LogP contribution is -2.56. The van der Waals surface area contributed by atoms with Gasteiger partial charge in [-0.25, -0.2) is 4.79 Å². The number of benzene rings is 1. The number of carbonyl (C=O) groups excluding carboxylic acids is 1. The third-order valence-electron chi connectivity index (χ3n) is 4.51. The van der Waals surface area contributed by atoms with Crippen molar-refractivity contribution in [3.05, 3.63) is 33.8 Å². The Labute approximate surface area is 157 Å². The Morgan fingerprint density at radius 3 is 2.40 bits per heavy atom. The number of amides is 2. The average Bonchev–Trinajstić information content (AvgIpc) is 2.51. The molecule has 2 N–H and O–H groups in total. The van der Waals surface area contributed by atoms with Crippen LogP contribution in [-0.4, -0.2) is 59.1 Å². The molecule has 6 nitrogen and oxygen atoms in total. The van der Waals surface area contributed by atoms with Crippen molar-refractivity contribution in [3.8, 4) is 0 Å². The molecule has 138 valence electrons. The largest absolute Gasteiger partial charge is 0.480 e. The van der Waals surface area contributed by atoms with E-state index in [4.69, 9.17) is 28.3 Å². The van der Waals surface area contributed by atoms with E-state index in [-0.39, 0.29) is 24.7 Å². The lowest BCUT2D eigenvalue weighted by atomic mass is 9.85. The molecule has 1 aromatic carbocycles. The second-order valence-electron chi connectivity index (χ2n) is 6.28. The van der Waals surface area contributed by atoms with E-state index >= 15 is 0 Å². The van der Waals surface area contributed by atoms with Crippen LogP contribution in [0.1, 0.15) is 25.3 Å². The SMILES string of the molecule is CCN(CC(=O)O)C1CC(NC(=O)N(C)Cc2c(Cl)cccc2Cl)C1. The van der Waals surface area contributed by atoms with Gasteiger partial charge < -0.3 is 15.3 Å². The smallest absolute Gasteiger partial charge is 0.317 e. The monoisotopic (exact) mass is 387 g/mol. The number of carboxylic acid groups (broad SMARTS) is 1. The van der Waals surface area contributed by atoms with Crippen LogP contribution in [0, 0.1) is 0 Å². The first-order chi connectivity index (χ1) is 11.8. The van der Waals surface area contributed by atoms with Crippen LogP contribution in [0.25, 0.3) is 0 Å². The van der Waals surface area contributed by atoms with Crippen LogP contribution in [-0.2, 0) is 11.3 Å². The molecule has 0 unspecified atom stereocenters. The second-order valence-corrected chi connectivity index (χ2v) is 7.10. The van der Waals surface area contributed by atoms with E-state index in [9.17, 15) is 9.59 Å². The minimum Gasteiger partial charge on any atom is -0.480 e. The Kier molecular flexibility index (Phi) is 6.93. The summed E-state index contributed by atoms with van der Waals surface area (Å²) in [6.45, 7) is 2.98. The number of nitrogens with one attached hydrogen (secondary N) is 1. The van der Waals surface area contributed by atoms with Gasteiger partial charge in [0.2, 0.25) is 0 Å². The minimum atomic E-state index is -0.828. The molecule has 1 saturated carbocycles. The van der Waals surface area contributed by atoms with Gasteiger partial charge in [0.15, 0.2) is 0 Å². The molecule has 0 bridgehead atoms. The molecule has 0 spiro atoms. The molecule has 1 aliphatic carbocycles. The van der Waals surface area contributed by atoms with Gasteiger partial charge in [-0.15, -0.1) is 0 Å². The predicted molar refractivity (Wildman–Crippen MR) is 98.2 cm³/mol. The van der Waals surface area contributed by atoms with Crippen molar-refractivity contribution >= 4 is 35.2 Å². The minimum absolute atomic E-state index is 0.0345. The molecule has 0 aliphatic heterocycles. The first-order valence-corrected chi connectivity index (χ1v) is 8.97. The molecule has 1 aromatic rings. The van der Waals surface area contributed by atoms with Crippen LogP contribution in [0.5, 0.6) is 0 Å². The number of hydrogen-bond donors (Lipinski definition) is 2. The summed E-state index contributed by atoms with van der Waals surface area (Å²) in [5.74, 6) is -0.828. The van der Waals surface area contributed by atoms with E-state index in [1.807, 2.05) is 11.8 Å². The topological polar surface area (TPSA) is 72.9 Å². The zero-order valence-electron chi connectivity index (χ0n) is 14.3. The summed E-state index contributed by atoms with van der Waals surface area (Å²) in [6.07, 6.45) is 1.51. The summed E-state index contributed by atoms with van der Waals surface area (Å²) in [7, 11) is 1.69. The first kappa shape index (κ1) is 19.8. The number of rotatable bonds is 7. The van der Waals surface area contributed by atoms with E-state index in [1.54, 1.807) is 25.2 Å². The van der Waals surface area contributed by atoms with Gasteiger partial charge in [0, 0.05) is 34.7 Å². The average molecular weight is 388 g/mol. The Bertz CT molecular complexity index is 615. The fourth-order valence-corrected chi connectivity index (χ4v) is 3.47. The van der Waals surface area contributed by atoms with E-state index < -0.39 is 5.97 Å². The van der Waals surface area contributed by atoms with E-state index in [1.165, 1.54) is 4.90 Å². The molecule has 0 heterocycles. The predicted octanol–water partition coefficient (Wildman–Crippen LogP) is 3.07. The van der Waals surface area contributed by atoms with Crippen LogP contribution in [0.2, 0.25) is 10.0 Å². The maximum Gasteiger partial charge on any atom is 0.317 e. The maximum atomic E-state index is 12.3. The molecule has 25 heavy (non-hydrogen) atoms. The van der Waals surface area contributed by atoms with Crippen molar-refractivity contribution in [1.82, 2.24) is 15.1 Å². The Balaban J connectivity index is 1.82. The zero-order chi connectivity index (χ0) is 18.6. The van der Waals surface area contributed by atoms with E-state index in [2.05, 4.69) is 5.32 Å². The van der Waals surface area contributed by atoms with Crippen LogP contribution >= 0.6 is 23.2 Å². The fraction of sp³-hybridized carbons (Fsp3) is 0.529. The van der Waals surface area contributed by atoms with Crippen molar-refractivity contribution in [1.29, 1.82) is 0 Å². The molecule has 2 rings (SSSR count). The highest BCUT2D eigenvalue weighted by atomic mass is 35.5. The van der Waals surface area contributed by atoms with Crippen molar-refractivity contribution in [2.75, 3.05) is 20.1 Å². The number of likely N-dealkylation sites (N-methyl/N-ethyl adjacent to an activating group) is 1. The van der Waals surface area contributed by atoms with Crippen molar-refractivity contribution < 1.29 is 14.7 Å². The molecule has 0 radical (unpaired) electrons. The molecule has 0 atom stereocenters. The van der Waals surface area contributed by atoms with E-state index in [0.717, 1.165) is 12.8 Å².